The molecule has 1 N–H and O–H groups in total. The first-order valence-corrected chi connectivity index (χ1v) is 10.9. The highest BCUT2D eigenvalue weighted by molar-refractivity contribution is 5.92. The summed E-state index contributed by atoms with van der Waals surface area (Å²) >= 11 is 0. The average Bonchev–Trinajstić information content (AvgIpc) is 3.58. The molecule has 0 aliphatic rings. The van der Waals surface area contributed by atoms with Crippen molar-refractivity contribution in [1.29, 1.82) is 0 Å². The van der Waals surface area contributed by atoms with E-state index < -0.39 is 5.54 Å². The van der Waals surface area contributed by atoms with Gasteiger partial charge >= 0.3 is 0 Å². The van der Waals surface area contributed by atoms with Crippen molar-refractivity contribution in [2.75, 3.05) is 0 Å². The second-order valence-electron chi connectivity index (χ2n) is 7.95. The summed E-state index contributed by atoms with van der Waals surface area (Å²) in [6, 6.07) is 33.5. The second-order valence-corrected chi connectivity index (χ2v) is 7.95. The number of hydrogen-bond donors (Lipinski definition) is 1. The van der Waals surface area contributed by atoms with E-state index in [1.165, 1.54) is 0 Å². The van der Waals surface area contributed by atoms with E-state index in [0.29, 0.717) is 0 Å². The van der Waals surface area contributed by atoms with Crippen LogP contribution < -0.4 is 0 Å². The molecule has 0 aliphatic heterocycles. The van der Waals surface area contributed by atoms with Gasteiger partial charge in [-0.1, -0.05) is 91.0 Å². The van der Waals surface area contributed by atoms with Crippen molar-refractivity contribution in [3.8, 4) is 11.1 Å². The summed E-state index contributed by atoms with van der Waals surface area (Å²) in [4.78, 5) is 4.82. The largest absolute Gasteiger partial charge is 0.285 e. The van der Waals surface area contributed by atoms with Crippen molar-refractivity contribution in [2.24, 2.45) is 0 Å². The quantitative estimate of drug-likeness (QED) is 0.361. The Kier molecular flexibility index (Phi) is 4.58. The van der Waals surface area contributed by atoms with E-state index in [9.17, 15) is 0 Å². The second kappa shape index (κ2) is 7.88. The number of fused-ring (bicyclic) bond motifs is 1. The molecule has 158 valence electrons. The van der Waals surface area contributed by atoms with Crippen LogP contribution in [0.2, 0.25) is 0 Å². The van der Waals surface area contributed by atoms with E-state index in [4.69, 9.17) is 10.1 Å². The molecule has 0 aliphatic carbocycles. The Morgan fingerprint density at radius 3 is 1.76 bits per heavy atom. The number of pyridine rings is 1. The van der Waals surface area contributed by atoms with Crippen LogP contribution in [0.4, 0.5) is 0 Å². The number of H-pyrrole nitrogens is 1. The third kappa shape index (κ3) is 2.97. The molecule has 0 spiro atoms. The SMILES string of the molecule is c1ccc(C(c2ccccc2)(c2ccccc2)n2ncc3c(-c4cn[nH]c4)ccnc32)cc1. The van der Waals surface area contributed by atoms with Crippen molar-refractivity contribution in [2.45, 2.75) is 5.54 Å². The van der Waals surface area contributed by atoms with Gasteiger partial charge in [-0.2, -0.15) is 10.2 Å². The van der Waals surface area contributed by atoms with Gasteiger partial charge in [-0.3, -0.25) is 5.10 Å². The van der Waals surface area contributed by atoms with Gasteiger partial charge in [0.1, 0.15) is 5.54 Å². The van der Waals surface area contributed by atoms with E-state index in [-0.39, 0.29) is 0 Å². The molecule has 0 saturated heterocycles. The summed E-state index contributed by atoms with van der Waals surface area (Å²) in [5.74, 6) is 0. The number of benzene rings is 3. The maximum absolute atomic E-state index is 4.99. The number of nitrogens with one attached hydrogen (secondary N) is 1. The van der Waals surface area contributed by atoms with E-state index >= 15 is 0 Å². The molecule has 5 heteroatoms. The lowest BCUT2D eigenvalue weighted by molar-refractivity contribution is 0.472. The Morgan fingerprint density at radius 1 is 0.667 bits per heavy atom. The topological polar surface area (TPSA) is 59.4 Å². The Balaban J connectivity index is 1.75. The zero-order chi connectivity index (χ0) is 22.1. The van der Waals surface area contributed by atoms with Crippen LogP contribution in [0.3, 0.4) is 0 Å². The van der Waals surface area contributed by atoms with Crippen LogP contribution in [-0.4, -0.2) is 25.0 Å². The third-order valence-corrected chi connectivity index (χ3v) is 6.17. The monoisotopic (exact) mass is 427 g/mol. The van der Waals surface area contributed by atoms with Crippen molar-refractivity contribution >= 4 is 11.0 Å². The standard InChI is InChI=1S/C28H21N5/c1-4-10-22(11-5-1)28(23-12-6-2-7-13-23,24-14-8-3-9-15-24)33-27-26(20-32-33)25(16-17-29-27)21-18-30-31-19-21/h1-20H,(H,30,31). The van der Waals surface area contributed by atoms with Crippen molar-refractivity contribution in [3.05, 3.63) is 139 Å². The minimum absolute atomic E-state index is 0.701. The molecule has 3 aromatic carbocycles. The zero-order valence-electron chi connectivity index (χ0n) is 17.8. The molecular weight excluding hydrogens is 406 g/mol. The molecule has 0 unspecified atom stereocenters. The lowest BCUT2D eigenvalue weighted by Gasteiger charge is -2.36. The molecule has 0 saturated carbocycles. The fraction of sp³-hybridized carbons (Fsp3) is 0.0357. The molecule has 33 heavy (non-hydrogen) atoms. The minimum atomic E-state index is -0.701. The predicted molar refractivity (Wildman–Crippen MR) is 130 cm³/mol. The molecule has 0 atom stereocenters. The van der Waals surface area contributed by atoms with Gasteiger partial charge in [-0.25, -0.2) is 9.67 Å². The molecule has 0 bridgehead atoms. The van der Waals surface area contributed by atoms with Gasteiger partial charge in [0.15, 0.2) is 5.65 Å². The molecule has 6 aromatic rings. The molecular formula is C28H21N5. The third-order valence-electron chi connectivity index (χ3n) is 6.17. The summed E-state index contributed by atoms with van der Waals surface area (Å²) < 4.78 is 2.06. The maximum atomic E-state index is 4.99. The van der Waals surface area contributed by atoms with E-state index in [1.807, 2.05) is 49.1 Å². The minimum Gasteiger partial charge on any atom is -0.285 e. The highest BCUT2D eigenvalue weighted by Crippen LogP contribution is 2.42. The Bertz CT molecular complexity index is 1390. The molecule has 3 heterocycles. The summed E-state index contributed by atoms with van der Waals surface area (Å²) in [6.45, 7) is 0. The van der Waals surface area contributed by atoms with Crippen LogP contribution in [0, 0.1) is 0 Å². The van der Waals surface area contributed by atoms with Gasteiger partial charge in [-0.05, 0) is 28.3 Å². The van der Waals surface area contributed by atoms with Gasteiger partial charge < -0.3 is 0 Å². The molecule has 5 nitrogen and oxygen atoms in total. The van der Waals surface area contributed by atoms with Gasteiger partial charge in [0.2, 0.25) is 0 Å². The first kappa shape index (κ1) is 19.2. The lowest BCUT2D eigenvalue weighted by Crippen LogP contribution is -2.38. The van der Waals surface area contributed by atoms with E-state index in [1.54, 1.807) is 0 Å². The van der Waals surface area contributed by atoms with Crippen LogP contribution in [-0.2, 0) is 5.54 Å². The van der Waals surface area contributed by atoms with Gasteiger partial charge in [0.25, 0.3) is 0 Å². The number of aromatic amines is 1. The predicted octanol–water partition coefficient (Wildman–Crippen LogP) is 5.66. The molecule has 6 rings (SSSR count). The number of nitrogens with zero attached hydrogens (tertiary/aromatic N) is 4. The zero-order valence-corrected chi connectivity index (χ0v) is 17.8. The first-order valence-electron chi connectivity index (χ1n) is 10.9. The highest BCUT2D eigenvalue weighted by atomic mass is 15.3. The van der Waals surface area contributed by atoms with E-state index in [2.05, 4.69) is 87.7 Å². The number of hydrogen-bond acceptors (Lipinski definition) is 3. The first-order chi connectivity index (χ1) is 16.4. The summed E-state index contributed by atoms with van der Waals surface area (Å²) in [5.41, 5.74) is 5.50. The Labute approximate surface area is 191 Å². The fourth-order valence-corrected chi connectivity index (χ4v) is 4.73. The average molecular weight is 428 g/mol. The van der Waals surface area contributed by atoms with Crippen LogP contribution in [0.1, 0.15) is 16.7 Å². The van der Waals surface area contributed by atoms with E-state index in [0.717, 1.165) is 38.9 Å². The van der Waals surface area contributed by atoms with Crippen LogP contribution in [0.25, 0.3) is 22.2 Å². The fourth-order valence-electron chi connectivity index (χ4n) is 4.73. The Hall–Kier alpha value is -4.51. The summed E-state index contributed by atoms with van der Waals surface area (Å²) in [7, 11) is 0. The van der Waals surface area contributed by atoms with Crippen molar-refractivity contribution in [1.82, 2.24) is 25.0 Å². The summed E-state index contributed by atoms with van der Waals surface area (Å²) in [6.07, 6.45) is 7.47. The van der Waals surface area contributed by atoms with Crippen LogP contribution in [0.5, 0.6) is 0 Å². The maximum Gasteiger partial charge on any atom is 0.159 e. The smallest absolute Gasteiger partial charge is 0.159 e. The Morgan fingerprint density at radius 2 is 1.24 bits per heavy atom. The molecule has 3 aromatic heterocycles. The number of aromatic nitrogens is 5. The van der Waals surface area contributed by atoms with Gasteiger partial charge in [0.05, 0.1) is 12.4 Å². The molecule has 0 radical (unpaired) electrons. The van der Waals surface area contributed by atoms with Crippen molar-refractivity contribution < 1.29 is 0 Å². The molecule has 0 fully saturated rings. The normalized spacial score (nSPS) is 11.6. The number of rotatable bonds is 5. The molecule has 0 amide bonds. The lowest BCUT2D eigenvalue weighted by atomic mass is 9.77. The van der Waals surface area contributed by atoms with Gasteiger partial charge in [-0.15, -0.1) is 0 Å². The highest BCUT2D eigenvalue weighted by Gasteiger charge is 2.40. The van der Waals surface area contributed by atoms with Crippen LogP contribution in [0.15, 0.2) is 122 Å². The summed E-state index contributed by atoms with van der Waals surface area (Å²) in [5, 5.41) is 13.0. The van der Waals surface area contributed by atoms with Crippen molar-refractivity contribution in [3.63, 3.8) is 0 Å². The van der Waals surface area contributed by atoms with Crippen LogP contribution >= 0.6 is 0 Å². The van der Waals surface area contributed by atoms with Gasteiger partial charge in [0, 0.05) is 23.3 Å².